The summed E-state index contributed by atoms with van der Waals surface area (Å²) in [6.07, 6.45) is 1.03. The van der Waals surface area contributed by atoms with Crippen molar-refractivity contribution in [2.24, 2.45) is 0 Å². The molecule has 94 valence electrons. The van der Waals surface area contributed by atoms with Crippen LogP contribution in [-0.4, -0.2) is 24.8 Å². The third-order valence-electron chi connectivity index (χ3n) is 3.15. The van der Waals surface area contributed by atoms with E-state index in [1.807, 2.05) is 0 Å². The number of hydrogen-bond donors (Lipinski definition) is 1. The molecule has 0 aromatic heterocycles. The molecule has 1 aromatic carbocycles. The van der Waals surface area contributed by atoms with Crippen molar-refractivity contribution in [2.45, 2.75) is 38.8 Å². The van der Waals surface area contributed by atoms with Gasteiger partial charge in [0.25, 0.3) is 0 Å². The first-order valence-electron chi connectivity index (χ1n) is 6.07. The van der Waals surface area contributed by atoms with E-state index in [-0.39, 0.29) is 5.54 Å². The molecule has 1 unspecified atom stereocenters. The average molecular weight is 298 g/mol. The first-order valence-corrected chi connectivity index (χ1v) is 6.86. The molecule has 0 saturated carbocycles. The predicted octanol–water partition coefficient (Wildman–Crippen LogP) is 3.07. The second-order valence-electron chi connectivity index (χ2n) is 5.52. The summed E-state index contributed by atoms with van der Waals surface area (Å²) in [5.41, 5.74) is 2.82. The lowest BCUT2D eigenvalue weighted by Gasteiger charge is -2.37. The fourth-order valence-corrected chi connectivity index (χ4v) is 2.83. The summed E-state index contributed by atoms with van der Waals surface area (Å²) < 4.78 is 6.81. The van der Waals surface area contributed by atoms with Crippen molar-refractivity contribution < 1.29 is 4.74 Å². The van der Waals surface area contributed by atoms with Gasteiger partial charge in [0.2, 0.25) is 0 Å². The molecule has 1 heterocycles. The molecule has 1 saturated heterocycles. The molecule has 1 aliphatic heterocycles. The van der Waals surface area contributed by atoms with Crippen LogP contribution >= 0.6 is 15.9 Å². The van der Waals surface area contributed by atoms with Crippen molar-refractivity contribution in [2.75, 3.05) is 13.2 Å². The monoisotopic (exact) mass is 297 g/mol. The van der Waals surface area contributed by atoms with Crippen LogP contribution in [0.15, 0.2) is 22.7 Å². The highest BCUT2D eigenvalue weighted by Crippen LogP contribution is 2.19. The molecule has 3 heteroatoms. The number of rotatable bonds is 2. The third-order valence-corrected chi connectivity index (χ3v) is 3.64. The Labute approximate surface area is 112 Å². The van der Waals surface area contributed by atoms with E-state index < -0.39 is 0 Å². The zero-order valence-electron chi connectivity index (χ0n) is 10.7. The summed E-state index contributed by atoms with van der Waals surface area (Å²) in [7, 11) is 0. The van der Waals surface area contributed by atoms with Crippen molar-refractivity contribution >= 4 is 15.9 Å². The molecular weight excluding hydrogens is 278 g/mol. The SMILES string of the molecule is Cc1cc(Br)ccc1CC1COCC(C)(C)N1. The molecule has 1 fully saturated rings. The summed E-state index contributed by atoms with van der Waals surface area (Å²) in [5.74, 6) is 0. The first-order chi connectivity index (χ1) is 7.96. The Morgan fingerprint density at radius 2 is 2.24 bits per heavy atom. The van der Waals surface area contributed by atoms with Gasteiger partial charge >= 0.3 is 0 Å². The maximum absolute atomic E-state index is 5.66. The summed E-state index contributed by atoms with van der Waals surface area (Å²) in [4.78, 5) is 0. The van der Waals surface area contributed by atoms with E-state index in [4.69, 9.17) is 4.74 Å². The molecule has 1 N–H and O–H groups in total. The fourth-order valence-electron chi connectivity index (χ4n) is 2.36. The standard InChI is InChI=1S/C14H20BrNO/c1-10-6-12(15)5-4-11(10)7-13-8-17-9-14(2,3)16-13/h4-6,13,16H,7-9H2,1-3H3. The normalized spacial score (nSPS) is 23.6. The Morgan fingerprint density at radius 1 is 1.47 bits per heavy atom. The lowest BCUT2D eigenvalue weighted by atomic mass is 9.97. The third kappa shape index (κ3) is 3.54. The zero-order valence-corrected chi connectivity index (χ0v) is 12.3. The summed E-state index contributed by atoms with van der Waals surface area (Å²) in [6, 6.07) is 6.89. The minimum absolute atomic E-state index is 0.0895. The van der Waals surface area contributed by atoms with E-state index in [9.17, 15) is 0 Å². The Kier molecular flexibility index (Phi) is 3.91. The van der Waals surface area contributed by atoms with Crippen LogP contribution in [0.5, 0.6) is 0 Å². The van der Waals surface area contributed by atoms with Gasteiger partial charge in [0, 0.05) is 16.1 Å². The predicted molar refractivity (Wildman–Crippen MR) is 74.4 cm³/mol. The van der Waals surface area contributed by atoms with Gasteiger partial charge in [0.15, 0.2) is 0 Å². The molecule has 2 nitrogen and oxygen atoms in total. The van der Waals surface area contributed by atoms with E-state index in [1.54, 1.807) is 0 Å². The minimum atomic E-state index is 0.0895. The molecular formula is C14H20BrNO. The highest BCUT2D eigenvalue weighted by molar-refractivity contribution is 9.10. The van der Waals surface area contributed by atoms with Crippen LogP contribution in [0, 0.1) is 6.92 Å². The van der Waals surface area contributed by atoms with Gasteiger partial charge in [-0.2, -0.15) is 0 Å². The van der Waals surface area contributed by atoms with Gasteiger partial charge in [-0.3, -0.25) is 0 Å². The summed E-state index contributed by atoms with van der Waals surface area (Å²) in [5, 5.41) is 3.65. The van der Waals surface area contributed by atoms with Crippen LogP contribution < -0.4 is 5.32 Å². The van der Waals surface area contributed by atoms with Gasteiger partial charge in [-0.25, -0.2) is 0 Å². The van der Waals surface area contributed by atoms with E-state index in [1.165, 1.54) is 11.1 Å². The summed E-state index contributed by atoms with van der Waals surface area (Å²) in [6.45, 7) is 8.14. The van der Waals surface area contributed by atoms with E-state index in [0.717, 1.165) is 24.1 Å². The van der Waals surface area contributed by atoms with Gasteiger partial charge in [-0.05, 0) is 50.5 Å². The molecule has 2 rings (SSSR count). The molecule has 0 radical (unpaired) electrons. The van der Waals surface area contributed by atoms with Crippen LogP contribution in [0.1, 0.15) is 25.0 Å². The summed E-state index contributed by atoms with van der Waals surface area (Å²) >= 11 is 3.50. The topological polar surface area (TPSA) is 21.3 Å². The second kappa shape index (κ2) is 5.09. The number of aryl methyl sites for hydroxylation is 1. The van der Waals surface area contributed by atoms with E-state index >= 15 is 0 Å². The number of benzene rings is 1. The van der Waals surface area contributed by atoms with Gasteiger partial charge in [-0.15, -0.1) is 0 Å². The van der Waals surface area contributed by atoms with Crippen LogP contribution in [-0.2, 0) is 11.2 Å². The van der Waals surface area contributed by atoms with Crippen molar-refractivity contribution in [3.05, 3.63) is 33.8 Å². The number of ether oxygens (including phenoxy) is 1. The molecule has 17 heavy (non-hydrogen) atoms. The zero-order chi connectivity index (χ0) is 12.5. The quantitative estimate of drug-likeness (QED) is 0.906. The van der Waals surface area contributed by atoms with Gasteiger partial charge in [-0.1, -0.05) is 22.0 Å². The van der Waals surface area contributed by atoms with Crippen molar-refractivity contribution in [3.63, 3.8) is 0 Å². The molecule has 0 bridgehead atoms. The lowest BCUT2D eigenvalue weighted by Crippen LogP contribution is -2.56. The molecule has 0 amide bonds. The largest absolute Gasteiger partial charge is 0.378 e. The Balaban J connectivity index is 2.05. The second-order valence-corrected chi connectivity index (χ2v) is 6.43. The molecule has 1 aromatic rings. The molecule has 1 aliphatic rings. The Bertz CT molecular complexity index is 403. The Hall–Kier alpha value is -0.380. The highest BCUT2D eigenvalue weighted by Gasteiger charge is 2.27. The molecule has 0 aliphatic carbocycles. The maximum atomic E-state index is 5.66. The number of hydrogen-bond acceptors (Lipinski definition) is 2. The van der Waals surface area contributed by atoms with E-state index in [2.05, 4.69) is 60.2 Å². The van der Waals surface area contributed by atoms with Crippen LogP contribution in [0.2, 0.25) is 0 Å². The number of nitrogens with one attached hydrogen (secondary N) is 1. The van der Waals surface area contributed by atoms with Crippen molar-refractivity contribution in [1.82, 2.24) is 5.32 Å². The van der Waals surface area contributed by atoms with Gasteiger partial charge < -0.3 is 10.1 Å². The van der Waals surface area contributed by atoms with Crippen LogP contribution in [0.25, 0.3) is 0 Å². The first kappa shape index (κ1) is 13.1. The van der Waals surface area contributed by atoms with Crippen molar-refractivity contribution in [3.8, 4) is 0 Å². The fraction of sp³-hybridized carbons (Fsp3) is 0.571. The smallest absolute Gasteiger partial charge is 0.0643 e. The number of morpholine rings is 1. The highest BCUT2D eigenvalue weighted by atomic mass is 79.9. The minimum Gasteiger partial charge on any atom is -0.378 e. The molecule has 1 atom stereocenters. The van der Waals surface area contributed by atoms with Crippen molar-refractivity contribution in [1.29, 1.82) is 0 Å². The lowest BCUT2D eigenvalue weighted by molar-refractivity contribution is 0.0135. The maximum Gasteiger partial charge on any atom is 0.0643 e. The van der Waals surface area contributed by atoms with Crippen LogP contribution in [0.3, 0.4) is 0 Å². The van der Waals surface area contributed by atoms with Gasteiger partial charge in [0.05, 0.1) is 13.2 Å². The molecule has 0 spiro atoms. The number of halogens is 1. The Morgan fingerprint density at radius 3 is 2.88 bits per heavy atom. The van der Waals surface area contributed by atoms with E-state index in [0.29, 0.717) is 6.04 Å². The van der Waals surface area contributed by atoms with Gasteiger partial charge in [0.1, 0.15) is 0 Å². The average Bonchev–Trinajstić information content (AvgIpc) is 2.21. The van der Waals surface area contributed by atoms with Crippen LogP contribution in [0.4, 0.5) is 0 Å².